The Kier molecular flexibility index (Phi) is 7.75. The molecule has 2 aliphatic heterocycles. The van der Waals surface area contributed by atoms with Crippen molar-refractivity contribution in [3.8, 4) is 0 Å². The summed E-state index contributed by atoms with van der Waals surface area (Å²) < 4.78 is 29.0. The lowest BCUT2D eigenvalue weighted by atomic mass is 9.69. The zero-order valence-corrected chi connectivity index (χ0v) is 23.6. The molecule has 0 bridgehead atoms. The quantitative estimate of drug-likeness (QED) is 0.450. The van der Waals surface area contributed by atoms with Crippen LogP contribution in [0.1, 0.15) is 44.0 Å². The number of piperazine rings is 1. The number of piperidine rings is 1. The van der Waals surface area contributed by atoms with Crippen molar-refractivity contribution < 1.29 is 13.6 Å². The fraction of sp³-hybridized carbons (Fsp3) is 0.581. The Morgan fingerprint density at radius 1 is 1.02 bits per heavy atom. The second kappa shape index (κ2) is 11.4. The topological polar surface area (TPSA) is 57.0 Å². The van der Waals surface area contributed by atoms with E-state index in [1.807, 2.05) is 27.3 Å². The fourth-order valence-electron chi connectivity index (χ4n) is 7.39. The predicted octanol–water partition coefficient (Wildman–Crippen LogP) is 4.58. The van der Waals surface area contributed by atoms with Gasteiger partial charge in [0.25, 0.3) is 0 Å². The number of benzene rings is 1. The van der Waals surface area contributed by atoms with Gasteiger partial charge in [-0.05, 0) is 67.7 Å². The molecule has 1 saturated carbocycles. The summed E-state index contributed by atoms with van der Waals surface area (Å²) in [5.41, 5.74) is 2.80. The number of amides is 1. The number of likely N-dealkylation sites (tertiary alicyclic amines) is 1. The Balaban J connectivity index is 1.09. The average Bonchev–Trinajstić information content (AvgIpc) is 3.33. The Morgan fingerprint density at radius 2 is 1.82 bits per heavy atom. The van der Waals surface area contributed by atoms with Crippen LogP contribution in [0.5, 0.6) is 0 Å². The molecule has 1 aliphatic carbocycles. The van der Waals surface area contributed by atoms with E-state index in [2.05, 4.69) is 34.2 Å². The van der Waals surface area contributed by atoms with E-state index < -0.39 is 11.6 Å². The van der Waals surface area contributed by atoms with Crippen LogP contribution in [0.4, 0.5) is 14.5 Å². The molecule has 9 heteroatoms. The molecule has 7 nitrogen and oxygen atoms in total. The van der Waals surface area contributed by atoms with Gasteiger partial charge < -0.3 is 14.7 Å². The maximum atomic E-state index is 14.0. The number of carbonyl (C=O) groups is 1. The third-order valence-corrected chi connectivity index (χ3v) is 9.26. The Labute approximate surface area is 235 Å². The summed E-state index contributed by atoms with van der Waals surface area (Å²) in [4.78, 5) is 25.0. The van der Waals surface area contributed by atoms with Gasteiger partial charge in [0, 0.05) is 63.8 Å². The largest absolute Gasteiger partial charge is 0.368 e. The monoisotopic (exact) mass is 550 g/mol. The highest BCUT2D eigenvalue weighted by atomic mass is 19.2. The van der Waals surface area contributed by atoms with Crippen LogP contribution in [0.2, 0.25) is 0 Å². The van der Waals surface area contributed by atoms with Crippen LogP contribution in [0.25, 0.3) is 5.65 Å². The van der Waals surface area contributed by atoms with E-state index in [1.54, 1.807) is 6.07 Å². The zero-order chi connectivity index (χ0) is 27.8. The van der Waals surface area contributed by atoms with Crippen LogP contribution in [-0.2, 0) is 11.2 Å². The van der Waals surface area contributed by atoms with E-state index in [4.69, 9.17) is 0 Å². The normalized spacial score (nSPS) is 24.8. The minimum absolute atomic E-state index is 0.0375. The lowest BCUT2D eigenvalue weighted by Gasteiger charge is -2.48. The van der Waals surface area contributed by atoms with Crippen LogP contribution in [0.15, 0.2) is 36.5 Å². The molecule has 2 aromatic heterocycles. The summed E-state index contributed by atoms with van der Waals surface area (Å²) in [5.74, 6) is 0.949. The number of nitrogens with zero attached hydrogens (tertiary/aromatic N) is 6. The van der Waals surface area contributed by atoms with Crippen molar-refractivity contribution in [2.24, 2.45) is 23.7 Å². The summed E-state index contributed by atoms with van der Waals surface area (Å²) in [7, 11) is 0. The van der Waals surface area contributed by atoms with E-state index in [1.165, 1.54) is 37.0 Å². The minimum atomic E-state index is -0.831. The molecule has 0 N–H and O–H groups in total. The summed E-state index contributed by atoms with van der Waals surface area (Å²) in [6.07, 6.45) is 7.89. The molecular weight excluding hydrogens is 510 g/mol. The van der Waals surface area contributed by atoms with Gasteiger partial charge in [0.15, 0.2) is 17.3 Å². The Morgan fingerprint density at radius 3 is 2.62 bits per heavy atom. The number of rotatable bonds is 6. The van der Waals surface area contributed by atoms with Gasteiger partial charge in [-0.1, -0.05) is 25.8 Å². The van der Waals surface area contributed by atoms with Gasteiger partial charge >= 0.3 is 0 Å². The Bertz CT molecular complexity index is 1350. The third-order valence-electron chi connectivity index (χ3n) is 9.26. The van der Waals surface area contributed by atoms with Gasteiger partial charge in [0.05, 0.1) is 5.92 Å². The van der Waals surface area contributed by atoms with Crippen LogP contribution in [0.3, 0.4) is 0 Å². The van der Waals surface area contributed by atoms with E-state index in [0.717, 1.165) is 43.9 Å². The standard InChI is InChI=1S/C31H40F2N6O/c1-21(15-23-7-10-30-34-22(2)35-39(30)18-23)17-36-19-24-5-3-4-6-26(24)27(20-36)31(40)38-13-11-37(12-14-38)25-8-9-28(32)29(33)16-25/h7-10,16,18,21,24,26-27H,3-6,11-15,17,19-20H2,1-2H3/t21-,24-,26-,27+/m0/s1. The third kappa shape index (κ3) is 5.71. The molecule has 0 radical (unpaired) electrons. The molecule has 0 spiro atoms. The highest BCUT2D eigenvalue weighted by Crippen LogP contribution is 2.40. The highest BCUT2D eigenvalue weighted by Gasteiger charge is 2.43. The average molecular weight is 551 g/mol. The number of aryl methyl sites for hydroxylation is 1. The molecule has 3 aromatic rings. The second-order valence-electron chi connectivity index (χ2n) is 12.3. The number of carbonyl (C=O) groups excluding carboxylic acids is 1. The number of halogens is 2. The number of fused-ring (bicyclic) bond motifs is 2. The number of hydrogen-bond acceptors (Lipinski definition) is 5. The van der Waals surface area contributed by atoms with Crippen molar-refractivity contribution >= 4 is 17.2 Å². The van der Waals surface area contributed by atoms with Gasteiger partial charge in [-0.3, -0.25) is 4.79 Å². The molecule has 3 fully saturated rings. The van der Waals surface area contributed by atoms with Crippen molar-refractivity contribution in [3.63, 3.8) is 0 Å². The van der Waals surface area contributed by atoms with E-state index in [-0.39, 0.29) is 11.8 Å². The minimum Gasteiger partial charge on any atom is -0.368 e. The highest BCUT2D eigenvalue weighted by molar-refractivity contribution is 5.80. The first kappa shape index (κ1) is 27.1. The Hall–Kier alpha value is -3.07. The van der Waals surface area contributed by atoms with Gasteiger partial charge in [0.1, 0.15) is 5.82 Å². The molecule has 2 saturated heterocycles. The predicted molar refractivity (Wildman–Crippen MR) is 151 cm³/mol. The number of hydrogen-bond donors (Lipinski definition) is 0. The van der Waals surface area contributed by atoms with Crippen LogP contribution >= 0.6 is 0 Å². The first-order valence-electron chi connectivity index (χ1n) is 14.9. The van der Waals surface area contributed by atoms with Gasteiger partial charge in [-0.25, -0.2) is 18.3 Å². The second-order valence-corrected chi connectivity index (χ2v) is 12.3. The smallest absolute Gasteiger partial charge is 0.227 e. The molecule has 6 rings (SSSR count). The summed E-state index contributed by atoms with van der Waals surface area (Å²) in [5, 5.41) is 4.46. The maximum absolute atomic E-state index is 14.0. The van der Waals surface area contributed by atoms with E-state index in [0.29, 0.717) is 49.6 Å². The lowest BCUT2D eigenvalue weighted by Crippen LogP contribution is -2.57. The van der Waals surface area contributed by atoms with Gasteiger partial charge in [0.2, 0.25) is 5.91 Å². The number of anilines is 1. The fourth-order valence-corrected chi connectivity index (χ4v) is 7.39. The van der Waals surface area contributed by atoms with Gasteiger partial charge in [-0.15, -0.1) is 0 Å². The molecule has 214 valence electrons. The first-order valence-corrected chi connectivity index (χ1v) is 14.9. The molecular formula is C31H40F2N6O. The van der Waals surface area contributed by atoms with Gasteiger partial charge in [-0.2, -0.15) is 5.10 Å². The van der Waals surface area contributed by atoms with Crippen LogP contribution < -0.4 is 4.90 Å². The van der Waals surface area contributed by atoms with Crippen molar-refractivity contribution in [2.45, 2.75) is 46.0 Å². The molecule has 4 heterocycles. The van der Waals surface area contributed by atoms with Crippen molar-refractivity contribution in [1.82, 2.24) is 24.4 Å². The van der Waals surface area contributed by atoms with Crippen molar-refractivity contribution in [1.29, 1.82) is 0 Å². The molecule has 4 atom stereocenters. The van der Waals surface area contributed by atoms with Crippen molar-refractivity contribution in [2.75, 3.05) is 50.7 Å². The SMILES string of the molecule is Cc1nc2ccc(C[C@H](C)CN3C[C@@H]4CCCC[C@@H]4[C@H](C(=O)N4CCN(c5ccc(F)c(F)c5)CC4)C3)cn2n1. The molecule has 1 aromatic carbocycles. The van der Waals surface area contributed by atoms with Crippen LogP contribution in [0, 0.1) is 42.2 Å². The maximum Gasteiger partial charge on any atom is 0.227 e. The summed E-state index contributed by atoms with van der Waals surface area (Å²) in [6.45, 7) is 9.61. The van der Waals surface area contributed by atoms with E-state index in [9.17, 15) is 13.6 Å². The van der Waals surface area contributed by atoms with Crippen LogP contribution in [-0.4, -0.2) is 76.1 Å². The van der Waals surface area contributed by atoms with E-state index >= 15 is 0 Å². The zero-order valence-electron chi connectivity index (χ0n) is 23.6. The first-order chi connectivity index (χ1) is 19.3. The van der Waals surface area contributed by atoms with Crippen molar-refractivity contribution in [3.05, 3.63) is 59.6 Å². The molecule has 40 heavy (non-hydrogen) atoms. The lowest BCUT2D eigenvalue weighted by molar-refractivity contribution is -0.142. The molecule has 3 aliphatic rings. The summed E-state index contributed by atoms with van der Waals surface area (Å²) >= 11 is 0. The molecule has 0 unspecified atom stereocenters. The summed E-state index contributed by atoms with van der Waals surface area (Å²) in [6, 6.07) is 8.24. The molecule has 1 amide bonds. The number of aromatic nitrogens is 3. The number of pyridine rings is 1.